The molecule has 0 fully saturated rings. The predicted octanol–water partition coefficient (Wildman–Crippen LogP) is 3.78. The Labute approximate surface area is 117 Å². The minimum Gasteiger partial charge on any atom is -0.267 e. The highest BCUT2D eigenvalue weighted by Gasteiger charge is 2.16. The molecule has 0 amide bonds. The van der Waals surface area contributed by atoms with Crippen molar-refractivity contribution in [3.05, 3.63) is 46.1 Å². The van der Waals surface area contributed by atoms with Gasteiger partial charge in [0.2, 0.25) is 10.6 Å². The molecule has 2 heterocycles. The van der Waals surface area contributed by atoms with E-state index < -0.39 is 0 Å². The average Bonchev–Trinajstić information content (AvgIpc) is 2.67. The monoisotopic (exact) mass is 298 g/mol. The number of hydrogen-bond donors (Lipinski definition) is 0. The molecule has 0 aliphatic heterocycles. The van der Waals surface area contributed by atoms with E-state index in [1.165, 1.54) is 0 Å². The maximum atomic E-state index is 6.11. The van der Waals surface area contributed by atoms with Gasteiger partial charge in [-0.2, -0.15) is 4.98 Å². The van der Waals surface area contributed by atoms with Crippen LogP contribution < -0.4 is 0 Å². The second-order valence-corrected chi connectivity index (χ2v) is 4.54. The summed E-state index contributed by atoms with van der Waals surface area (Å²) in [5.41, 5.74) is 1.74. The molecule has 0 radical (unpaired) electrons. The smallest absolute Gasteiger partial charge is 0.225 e. The van der Waals surface area contributed by atoms with Crippen molar-refractivity contribution in [3.63, 3.8) is 0 Å². The molecule has 18 heavy (non-hydrogen) atoms. The van der Waals surface area contributed by atoms with Crippen LogP contribution in [0.3, 0.4) is 0 Å². The first-order valence-electron chi connectivity index (χ1n) is 4.99. The van der Waals surface area contributed by atoms with Crippen LogP contribution in [-0.4, -0.2) is 19.5 Å². The third kappa shape index (κ3) is 1.82. The number of halogens is 3. The molecule has 0 unspecified atom stereocenters. The Bertz CT molecular complexity index is 724. The molecule has 7 heteroatoms. The van der Waals surface area contributed by atoms with Crippen LogP contribution in [0.25, 0.3) is 16.9 Å². The molecule has 90 valence electrons. The molecule has 0 saturated heterocycles. The first kappa shape index (κ1) is 11.7. The Hall–Kier alpha value is -1.36. The number of benzene rings is 1. The largest absolute Gasteiger partial charge is 0.267 e. The zero-order valence-corrected chi connectivity index (χ0v) is 11.1. The summed E-state index contributed by atoms with van der Waals surface area (Å²) in [6.45, 7) is 0. The van der Waals surface area contributed by atoms with Crippen LogP contribution in [0.15, 0.2) is 30.3 Å². The van der Waals surface area contributed by atoms with Crippen LogP contribution >= 0.6 is 34.8 Å². The van der Waals surface area contributed by atoms with Crippen LogP contribution in [0.4, 0.5) is 0 Å². The van der Waals surface area contributed by atoms with E-state index in [4.69, 9.17) is 34.8 Å². The number of fused-ring (bicyclic) bond motifs is 1. The van der Waals surface area contributed by atoms with Gasteiger partial charge in [0.1, 0.15) is 5.52 Å². The van der Waals surface area contributed by atoms with Crippen LogP contribution in [0.5, 0.6) is 0 Å². The second-order valence-electron chi connectivity index (χ2n) is 3.51. The van der Waals surface area contributed by atoms with Crippen molar-refractivity contribution in [1.82, 2.24) is 19.5 Å². The van der Waals surface area contributed by atoms with Crippen LogP contribution in [0.1, 0.15) is 0 Å². The highest BCUT2D eigenvalue weighted by Crippen LogP contribution is 2.27. The van der Waals surface area contributed by atoms with E-state index in [-0.39, 0.29) is 15.7 Å². The third-order valence-corrected chi connectivity index (χ3v) is 3.10. The quantitative estimate of drug-likeness (QED) is 0.390. The fraction of sp³-hybridized carbons (Fsp3) is 0. The SMILES string of the molecule is Clc1nc(Cl)c2nc(Cl)n(-c3ccccc3)c2n1. The zero-order chi connectivity index (χ0) is 12.7. The molecule has 1 aromatic carbocycles. The van der Waals surface area contributed by atoms with E-state index in [2.05, 4.69) is 15.0 Å². The summed E-state index contributed by atoms with van der Waals surface area (Å²) in [5, 5.41) is 0.498. The highest BCUT2D eigenvalue weighted by atomic mass is 35.5. The van der Waals surface area contributed by atoms with E-state index in [9.17, 15) is 0 Å². The van der Waals surface area contributed by atoms with E-state index in [1.54, 1.807) is 4.57 Å². The molecule has 2 aromatic heterocycles. The molecule has 0 aliphatic rings. The van der Waals surface area contributed by atoms with Crippen molar-refractivity contribution in [2.45, 2.75) is 0 Å². The second kappa shape index (κ2) is 4.39. The highest BCUT2D eigenvalue weighted by molar-refractivity contribution is 6.36. The van der Waals surface area contributed by atoms with Gasteiger partial charge in [0.25, 0.3) is 0 Å². The van der Waals surface area contributed by atoms with E-state index in [1.807, 2.05) is 30.3 Å². The number of rotatable bonds is 1. The van der Waals surface area contributed by atoms with Gasteiger partial charge in [-0.15, -0.1) is 0 Å². The number of nitrogens with zero attached hydrogens (tertiary/aromatic N) is 4. The Morgan fingerprint density at radius 2 is 1.61 bits per heavy atom. The van der Waals surface area contributed by atoms with Crippen molar-refractivity contribution in [2.75, 3.05) is 0 Å². The fourth-order valence-corrected chi connectivity index (χ4v) is 2.36. The topological polar surface area (TPSA) is 43.6 Å². The van der Waals surface area contributed by atoms with Crippen molar-refractivity contribution in [2.24, 2.45) is 0 Å². The van der Waals surface area contributed by atoms with Gasteiger partial charge < -0.3 is 0 Å². The van der Waals surface area contributed by atoms with Crippen LogP contribution in [-0.2, 0) is 0 Å². The molecular formula is C11H5Cl3N4. The standard InChI is InChI=1S/C11H5Cl3N4/c12-8-7-9(17-10(13)16-8)18(11(14)15-7)6-4-2-1-3-5-6/h1-5H. The first-order chi connectivity index (χ1) is 8.66. The third-order valence-electron chi connectivity index (χ3n) is 2.41. The average molecular weight is 300 g/mol. The maximum Gasteiger partial charge on any atom is 0.225 e. The van der Waals surface area contributed by atoms with Crippen molar-refractivity contribution in [3.8, 4) is 5.69 Å². The molecule has 0 aliphatic carbocycles. The lowest BCUT2D eigenvalue weighted by atomic mass is 10.3. The molecular weight excluding hydrogens is 295 g/mol. The van der Waals surface area contributed by atoms with Crippen LogP contribution in [0.2, 0.25) is 15.7 Å². The lowest BCUT2D eigenvalue weighted by Crippen LogP contribution is -1.96. The van der Waals surface area contributed by atoms with E-state index in [0.29, 0.717) is 11.2 Å². The molecule has 0 spiro atoms. The summed E-state index contributed by atoms with van der Waals surface area (Å²) in [4.78, 5) is 12.1. The molecule has 0 saturated carbocycles. The molecule has 4 nitrogen and oxygen atoms in total. The van der Waals surface area contributed by atoms with E-state index >= 15 is 0 Å². The Morgan fingerprint density at radius 1 is 0.889 bits per heavy atom. The minimum absolute atomic E-state index is 0.0567. The van der Waals surface area contributed by atoms with Gasteiger partial charge in [-0.05, 0) is 35.3 Å². The van der Waals surface area contributed by atoms with Gasteiger partial charge >= 0.3 is 0 Å². The summed E-state index contributed by atoms with van der Waals surface area (Å²) >= 11 is 17.9. The minimum atomic E-state index is 0.0567. The zero-order valence-electron chi connectivity index (χ0n) is 8.81. The Morgan fingerprint density at radius 3 is 2.33 bits per heavy atom. The molecule has 0 bridgehead atoms. The van der Waals surface area contributed by atoms with Gasteiger partial charge in [-0.3, -0.25) is 4.57 Å². The first-order valence-corrected chi connectivity index (χ1v) is 6.12. The van der Waals surface area contributed by atoms with Gasteiger partial charge in [-0.1, -0.05) is 29.8 Å². The van der Waals surface area contributed by atoms with Crippen molar-refractivity contribution >= 4 is 46.0 Å². The lowest BCUT2D eigenvalue weighted by molar-refractivity contribution is 1.06. The van der Waals surface area contributed by atoms with Gasteiger partial charge in [0.15, 0.2) is 10.8 Å². The van der Waals surface area contributed by atoms with E-state index in [0.717, 1.165) is 5.69 Å². The molecule has 0 atom stereocenters. The number of para-hydroxylation sites is 1. The van der Waals surface area contributed by atoms with Crippen molar-refractivity contribution in [1.29, 1.82) is 0 Å². The van der Waals surface area contributed by atoms with Gasteiger partial charge in [0, 0.05) is 0 Å². The molecule has 3 aromatic rings. The van der Waals surface area contributed by atoms with Crippen molar-refractivity contribution < 1.29 is 0 Å². The Balaban J connectivity index is 2.39. The molecule has 3 rings (SSSR count). The maximum absolute atomic E-state index is 6.11. The number of imidazole rings is 1. The summed E-state index contributed by atoms with van der Waals surface area (Å²) in [6, 6.07) is 9.46. The Kier molecular flexibility index (Phi) is 2.86. The van der Waals surface area contributed by atoms with Crippen LogP contribution in [0, 0.1) is 0 Å². The normalized spacial score (nSPS) is 11.1. The van der Waals surface area contributed by atoms with Gasteiger partial charge in [0.05, 0.1) is 5.69 Å². The van der Waals surface area contributed by atoms with Gasteiger partial charge in [-0.25, -0.2) is 9.97 Å². The fourth-order valence-electron chi connectivity index (χ4n) is 1.68. The summed E-state index contributed by atoms with van der Waals surface area (Å²) in [7, 11) is 0. The predicted molar refractivity (Wildman–Crippen MR) is 71.7 cm³/mol. The summed E-state index contributed by atoms with van der Waals surface area (Å²) < 4.78 is 1.66. The lowest BCUT2D eigenvalue weighted by Gasteiger charge is -2.04. The summed E-state index contributed by atoms with van der Waals surface area (Å²) in [5.74, 6) is 0. The number of aromatic nitrogens is 4. The molecule has 0 N–H and O–H groups in total. The number of hydrogen-bond acceptors (Lipinski definition) is 3. The summed E-state index contributed by atoms with van der Waals surface area (Å²) in [6.07, 6.45) is 0.